The van der Waals surface area contributed by atoms with Crippen molar-refractivity contribution >= 4 is 0 Å². The summed E-state index contributed by atoms with van der Waals surface area (Å²) in [7, 11) is 0. The van der Waals surface area contributed by atoms with Crippen LogP contribution in [0.2, 0.25) is 0 Å². The van der Waals surface area contributed by atoms with Gasteiger partial charge in [-0.1, -0.05) is 12.8 Å². The highest BCUT2D eigenvalue weighted by molar-refractivity contribution is 5.29. The topological polar surface area (TPSA) is 37.8 Å². The van der Waals surface area contributed by atoms with E-state index in [2.05, 4.69) is 15.3 Å². The molecule has 0 amide bonds. The smallest absolute Gasteiger partial charge is 0.115 e. The Bertz CT molecular complexity index is 356. The van der Waals surface area contributed by atoms with Gasteiger partial charge in [-0.25, -0.2) is 9.97 Å². The quantitative estimate of drug-likeness (QED) is 0.756. The molecule has 0 atom stereocenters. The van der Waals surface area contributed by atoms with Crippen LogP contribution in [0.25, 0.3) is 0 Å². The molecule has 1 aromatic heterocycles. The van der Waals surface area contributed by atoms with Crippen LogP contribution in [0, 0.1) is 0 Å². The summed E-state index contributed by atoms with van der Waals surface area (Å²) in [6.07, 6.45) is 8.22. The van der Waals surface area contributed by atoms with Crippen molar-refractivity contribution < 1.29 is 0 Å². The van der Waals surface area contributed by atoms with E-state index in [0.29, 0.717) is 5.92 Å². The van der Waals surface area contributed by atoms with E-state index in [-0.39, 0.29) is 0 Å². The van der Waals surface area contributed by atoms with Crippen molar-refractivity contribution in [3.05, 3.63) is 23.3 Å². The second-order valence-electron chi connectivity index (χ2n) is 4.59. The Labute approximate surface area is 90.3 Å². The predicted octanol–water partition coefficient (Wildman–Crippen LogP) is 1.78. The fourth-order valence-corrected chi connectivity index (χ4v) is 2.84. The molecule has 1 saturated carbocycles. The van der Waals surface area contributed by atoms with Gasteiger partial charge < -0.3 is 5.32 Å². The van der Waals surface area contributed by atoms with E-state index in [1.54, 1.807) is 6.33 Å². The van der Waals surface area contributed by atoms with Gasteiger partial charge in [-0.3, -0.25) is 0 Å². The van der Waals surface area contributed by atoms with Gasteiger partial charge in [-0.05, 0) is 12.8 Å². The van der Waals surface area contributed by atoms with Gasteiger partial charge in [0.25, 0.3) is 0 Å². The summed E-state index contributed by atoms with van der Waals surface area (Å²) in [4.78, 5) is 8.92. The molecule has 3 heteroatoms. The summed E-state index contributed by atoms with van der Waals surface area (Å²) in [5, 5.41) is 3.42. The minimum atomic E-state index is 0.710. The number of fused-ring (bicyclic) bond motifs is 1. The lowest BCUT2D eigenvalue weighted by atomic mass is 9.95. The summed E-state index contributed by atoms with van der Waals surface area (Å²) in [6, 6.07) is 0. The van der Waals surface area contributed by atoms with Gasteiger partial charge in [0.05, 0.1) is 5.69 Å². The molecule has 3 nitrogen and oxygen atoms in total. The number of hydrogen-bond acceptors (Lipinski definition) is 3. The first-order chi connectivity index (χ1) is 7.45. The van der Waals surface area contributed by atoms with Crippen LogP contribution in [0.5, 0.6) is 0 Å². The molecule has 1 N–H and O–H groups in total. The zero-order valence-corrected chi connectivity index (χ0v) is 9.00. The Balaban J connectivity index is 1.99. The summed E-state index contributed by atoms with van der Waals surface area (Å²) in [6.45, 7) is 2.04. The third-order valence-electron chi connectivity index (χ3n) is 3.65. The zero-order chi connectivity index (χ0) is 10.1. The molecule has 1 aliphatic carbocycles. The number of hydrogen-bond donors (Lipinski definition) is 1. The van der Waals surface area contributed by atoms with Crippen molar-refractivity contribution in [3.63, 3.8) is 0 Å². The summed E-state index contributed by atoms with van der Waals surface area (Å²) < 4.78 is 0. The average molecular weight is 203 g/mol. The molecule has 0 spiro atoms. The maximum absolute atomic E-state index is 4.52. The number of rotatable bonds is 1. The molecule has 1 fully saturated rings. The predicted molar refractivity (Wildman–Crippen MR) is 58.7 cm³/mol. The molecule has 1 aromatic rings. The lowest BCUT2D eigenvalue weighted by Gasteiger charge is -2.21. The largest absolute Gasteiger partial charge is 0.312 e. The third-order valence-corrected chi connectivity index (χ3v) is 3.65. The lowest BCUT2D eigenvalue weighted by Crippen LogP contribution is -2.26. The van der Waals surface area contributed by atoms with E-state index >= 15 is 0 Å². The molecular weight excluding hydrogens is 186 g/mol. The molecule has 0 aromatic carbocycles. The standard InChI is InChI=1S/C12H17N3/c1-2-4-9(3-1)12-10-7-13-6-5-11(10)14-8-15-12/h8-9,13H,1-7H2. The molecule has 0 radical (unpaired) electrons. The van der Waals surface area contributed by atoms with Crippen molar-refractivity contribution in [2.45, 2.75) is 44.6 Å². The highest BCUT2D eigenvalue weighted by Crippen LogP contribution is 2.35. The van der Waals surface area contributed by atoms with Gasteiger partial charge in [0.1, 0.15) is 6.33 Å². The van der Waals surface area contributed by atoms with E-state index in [4.69, 9.17) is 0 Å². The van der Waals surface area contributed by atoms with Crippen molar-refractivity contribution in [3.8, 4) is 0 Å². The van der Waals surface area contributed by atoms with Crippen LogP contribution < -0.4 is 5.32 Å². The van der Waals surface area contributed by atoms with E-state index in [0.717, 1.165) is 19.5 Å². The van der Waals surface area contributed by atoms with Gasteiger partial charge in [-0.15, -0.1) is 0 Å². The Kier molecular flexibility index (Phi) is 2.41. The average Bonchev–Trinajstić information content (AvgIpc) is 2.82. The molecule has 0 bridgehead atoms. The van der Waals surface area contributed by atoms with Gasteiger partial charge >= 0.3 is 0 Å². The number of nitrogens with zero attached hydrogens (tertiary/aromatic N) is 2. The van der Waals surface area contributed by atoms with Crippen molar-refractivity contribution in [1.29, 1.82) is 0 Å². The van der Waals surface area contributed by atoms with Crippen molar-refractivity contribution in [1.82, 2.24) is 15.3 Å². The Morgan fingerprint density at radius 3 is 2.93 bits per heavy atom. The fraction of sp³-hybridized carbons (Fsp3) is 0.667. The second kappa shape index (κ2) is 3.89. The SMILES string of the molecule is c1nc2c(c(C3CCCC3)n1)CNCC2. The van der Waals surface area contributed by atoms with Gasteiger partial charge in [0.15, 0.2) is 0 Å². The molecule has 2 aliphatic rings. The van der Waals surface area contributed by atoms with Crippen LogP contribution in [-0.2, 0) is 13.0 Å². The Morgan fingerprint density at radius 1 is 1.20 bits per heavy atom. The molecule has 80 valence electrons. The minimum Gasteiger partial charge on any atom is -0.312 e. The first kappa shape index (κ1) is 9.28. The van der Waals surface area contributed by atoms with Crippen LogP contribution in [0.1, 0.15) is 48.6 Å². The molecule has 1 aliphatic heterocycles. The Hall–Kier alpha value is -0.960. The van der Waals surface area contributed by atoms with Gasteiger partial charge in [0.2, 0.25) is 0 Å². The van der Waals surface area contributed by atoms with E-state index in [1.807, 2.05) is 0 Å². The number of aromatic nitrogens is 2. The number of nitrogens with one attached hydrogen (secondary N) is 1. The Morgan fingerprint density at radius 2 is 2.07 bits per heavy atom. The van der Waals surface area contributed by atoms with E-state index in [1.165, 1.54) is 42.6 Å². The normalized spacial score (nSPS) is 21.6. The van der Waals surface area contributed by atoms with Crippen LogP contribution >= 0.6 is 0 Å². The van der Waals surface area contributed by atoms with E-state index in [9.17, 15) is 0 Å². The highest BCUT2D eigenvalue weighted by Gasteiger charge is 2.24. The summed E-state index contributed by atoms with van der Waals surface area (Å²) in [5.41, 5.74) is 4.02. The first-order valence-electron chi connectivity index (χ1n) is 5.98. The zero-order valence-electron chi connectivity index (χ0n) is 9.00. The molecule has 0 saturated heterocycles. The van der Waals surface area contributed by atoms with Crippen LogP contribution in [0.4, 0.5) is 0 Å². The molecule has 2 heterocycles. The molecular formula is C12H17N3. The maximum Gasteiger partial charge on any atom is 0.115 e. The summed E-state index contributed by atoms with van der Waals surface area (Å²) in [5.74, 6) is 0.710. The van der Waals surface area contributed by atoms with Gasteiger partial charge in [-0.2, -0.15) is 0 Å². The maximum atomic E-state index is 4.52. The van der Waals surface area contributed by atoms with E-state index < -0.39 is 0 Å². The third kappa shape index (κ3) is 1.65. The second-order valence-corrected chi connectivity index (χ2v) is 4.59. The lowest BCUT2D eigenvalue weighted by molar-refractivity contribution is 0.593. The molecule has 0 unspecified atom stereocenters. The molecule has 15 heavy (non-hydrogen) atoms. The van der Waals surface area contributed by atoms with Crippen LogP contribution in [0.3, 0.4) is 0 Å². The summed E-state index contributed by atoms with van der Waals surface area (Å²) >= 11 is 0. The monoisotopic (exact) mass is 203 g/mol. The van der Waals surface area contributed by atoms with Crippen LogP contribution in [0.15, 0.2) is 6.33 Å². The van der Waals surface area contributed by atoms with Crippen molar-refractivity contribution in [2.24, 2.45) is 0 Å². The van der Waals surface area contributed by atoms with Crippen molar-refractivity contribution in [2.75, 3.05) is 6.54 Å². The fourth-order valence-electron chi connectivity index (χ4n) is 2.84. The van der Waals surface area contributed by atoms with Crippen LogP contribution in [-0.4, -0.2) is 16.5 Å². The minimum absolute atomic E-state index is 0.710. The van der Waals surface area contributed by atoms with Gasteiger partial charge in [0, 0.05) is 36.7 Å². The molecule has 3 rings (SSSR count). The first-order valence-corrected chi connectivity index (χ1v) is 5.98. The highest BCUT2D eigenvalue weighted by atomic mass is 14.9.